The van der Waals surface area contributed by atoms with Crippen LogP contribution in [0.2, 0.25) is 0 Å². The Morgan fingerprint density at radius 2 is 1.90 bits per heavy atom. The molecule has 0 bridgehead atoms. The van der Waals surface area contributed by atoms with Gasteiger partial charge in [-0.2, -0.15) is 0 Å². The highest BCUT2D eigenvalue weighted by atomic mass is 32.2. The Hall–Kier alpha value is -3.12. The molecule has 1 aliphatic rings. The number of carbonyl (C=O) groups excluding carboxylic acids is 2. The first kappa shape index (κ1) is 31.4. The Bertz CT molecular complexity index is 1200. The van der Waals surface area contributed by atoms with Crippen molar-refractivity contribution in [2.24, 2.45) is 17.8 Å². The number of ether oxygens (including phenoxy) is 1. The van der Waals surface area contributed by atoms with Gasteiger partial charge in [0.15, 0.2) is 6.29 Å². The summed E-state index contributed by atoms with van der Waals surface area (Å²) in [5.41, 5.74) is 6.65. The van der Waals surface area contributed by atoms with Crippen molar-refractivity contribution in [2.45, 2.75) is 58.8 Å². The van der Waals surface area contributed by atoms with E-state index < -0.39 is 40.0 Å². The topological polar surface area (TPSA) is 127 Å². The van der Waals surface area contributed by atoms with E-state index >= 15 is 0 Å². The molecule has 1 saturated heterocycles. The van der Waals surface area contributed by atoms with Gasteiger partial charge in [0.1, 0.15) is 0 Å². The third-order valence-electron chi connectivity index (χ3n) is 6.50. The number of carbonyl (C=O) groups is 2. The van der Waals surface area contributed by atoms with E-state index in [2.05, 4.69) is 15.9 Å². The highest BCUT2D eigenvalue weighted by Crippen LogP contribution is 2.26. The van der Waals surface area contributed by atoms with Crippen LogP contribution < -0.4 is 10.9 Å². The third kappa shape index (κ3) is 10.5. The quantitative estimate of drug-likeness (QED) is 0.330. The maximum absolute atomic E-state index is 13.7. The first-order chi connectivity index (χ1) is 19.1. The molecule has 40 heavy (non-hydrogen) atoms. The minimum absolute atomic E-state index is 0.0526. The second-order valence-corrected chi connectivity index (χ2v) is 12.3. The standard InChI is InChI=1S/C29H40N4O6S/c1-22(2)19-26(28(34)31-33(40(3,36)37)21-24-14-10-17-30-20-24)25(15-9-13-23-11-5-4-6-12-23)29(35)32-39-27-16-7-8-18-38-27/h4-6,9-14,17,20,22,25-27H,7-8,15-16,18-19,21H2,1-3H3,(H,31,34)(H,32,35)/b13-9+/t25-,26+,27?/m0/s1. The molecule has 2 amide bonds. The van der Waals surface area contributed by atoms with Gasteiger partial charge in [0, 0.05) is 25.4 Å². The van der Waals surface area contributed by atoms with Crippen LogP contribution in [0, 0.1) is 17.8 Å². The number of amides is 2. The van der Waals surface area contributed by atoms with Crippen molar-refractivity contribution in [3.63, 3.8) is 0 Å². The zero-order valence-electron chi connectivity index (χ0n) is 23.4. The van der Waals surface area contributed by atoms with E-state index in [0.717, 1.165) is 29.1 Å². The van der Waals surface area contributed by atoms with Crippen LogP contribution in [-0.2, 0) is 35.7 Å². The minimum atomic E-state index is -3.83. The van der Waals surface area contributed by atoms with Gasteiger partial charge < -0.3 is 4.74 Å². The fraction of sp³-hybridized carbons (Fsp3) is 0.483. The van der Waals surface area contributed by atoms with E-state index in [0.29, 0.717) is 25.0 Å². The molecule has 0 saturated carbocycles. The Kier molecular flexibility index (Phi) is 12.3. The fourth-order valence-electron chi connectivity index (χ4n) is 4.44. The Morgan fingerprint density at radius 1 is 1.12 bits per heavy atom. The Balaban J connectivity index is 1.83. The predicted molar refractivity (Wildman–Crippen MR) is 152 cm³/mol. The summed E-state index contributed by atoms with van der Waals surface area (Å²) < 4.78 is 31.6. The maximum Gasteiger partial charge on any atom is 0.247 e. The lowest BCUT2D eigenvalue weighted by Gasteiger charge is -2.30. The second kappa shape index (κ2) is 15.6. The lowest BCUT2D eigenvalue weighted by atomic mass is 9.82. The molecule has 0 radical (unpaired) electrons. The highest BCUT2D eigenvalue weighted by Gasteiger charge is 2.36. The van der Waals surface area contributed by atoms with Crippen molar-refractivity contribution < 1.29 is 27.6 Å². The summed E-state index contributed by atoms with van der Waals surface area (Å²) in [4.78, 5) is 36.8. The molecule has 3 atom stereocenters. The maximum atomic E-state index is 13.7. The molecule has 11 heteroatoms. The van der Waals surface area contributed by atoms with Crippen LogP contribution >= 0.6 is 0 Å². The zero-order valence-corrected chi connectivity index (χ0v) is 24.2. The predicted octanol–water partition coefficient (Wildman–Crippen LogP) is 3.83. The molecule has 2 heterocycles. The van der Waals surface area contributed by atoms with Gasteiger partial charge in [-0.1, -0.05) is 62.4 Å². The van der Waals surface area contributed by atoms with Crippen molar-refractivity contribution >= 4 is 27.9 Å². The molecule has 2 aromatic rings. The number of nitrogens with one attached hydrogen (secondary N) is 2. The number of allylic oxidation sites excluding steroid dienone is 1. The summed E-state index contributed by atoms with van der Waals surface area (Å²) in [6.07, 6.45) is 10.4. The minimum Gasteiger partial charge on any atom is -0.350 e. The first-order valence-corrected chi connectivity index (χ1v) is 15.4. The number of nitrogens with zero attached hydrogens (tertiary/aromatic N) is 2. The number of aromatic nitrogens is 1. The summed E-state index contributed by atoms with van der Waals surface area (Å²) >= 11 is 0. The molecule has 1 aromatic heterocycles. The van der Waals surface area contributed by atoms with E-state index in [1.807, 2.05) is 56.3 Å². The molecular formula is C29H40N4O6S. The summed E-state index contributed by atoms with van der Waals surface area (Å²) in [5.74, 6) is -2.65. The molecule has 218 valence electrons. The van der Waals surface area contributed by atoms with Gasteiger partial charge >= 0.3 is 0 Å². The number of hydrogen-bond donors (Lipinski definition) is 2. The van der Waals surface area contributed by atoms with E-state index in [-0.39, 0.29) is 18.9 Å². The van der Waals surface area contributed by atoms with Crippen LogP contribution in [0.1, 0.15) is 57.1 Å². The molecule has 10 nitrogen and oxygen atoms in total. The van der Waals surface area contributed by atoms with Crippen LogP contribution in [0.5, 0.6) is 0 Å². The normalized spacial score (nSPS) is 17.6. The van der Waals surface area contributed by atoms with Crippen molar-refractivity contribution in [1.29, 1.82) is 0 Å². The van der Waals surface area contributed by atoms with Gasteiger partial charge in [-0.3, -0.25) is 20.0 Å². The van der Waals surface area contributed by atoms with Crippen LogP contribution in [-0.4, -0.2) is 48.8 Å². The monoisotopic (exact) mass is 572 g/mol. The van der Waals surface area contributed by atoms with Crippen molar-refractivity contribution in [3.05, 3.63) is 72.1 Å². The number of benzene rings is 1. The largest absolute Gasteiger partial charge is 0.350 e. The average molecular weight is 573 g/mol. The van der Waals surface area contributed by atoms with Gasteiger partial charge in [0.05, 0.1) is 24.6 Å². The van der Waals surface area contributed by atoms with Crippen molar-refractivity contribution in [2.75, 3.05) is 12.9 Å². The van der Waals surface area contributed by atoms with Crippen molar-refractivity contribution in [1.82, 2.24) is 20.3 Å². The number of hydrogen-bond acceptors (Lipinski definition) is 7. The van der Waals surface area contributed by atoms with Gasteiger partial charge in [0.2, 0.25) is 21.8 Å². The smallest absolute Gasteiger partial charge is 0.247 e. The summed E-state index contributed by atoms with van der Waals surface area (Å²) in [5, 5.41) is 0. The van der Waals surface area contributed by atoms with Crippen LogP contribution in [0.4, 0.5) is 0 Å². The van der Waals surface area contributed by atoms with Crippen molar-refractivity contribution in [3.8, 4) is 0 Å². The number of hydrazine groups is 1. The summed E-state index contributed by atoms with van der Waals surface area (Å²) in [7, 11) is -3.83. The van der Waals surface area contributed by atoms with E-state index in [1.165, 1.54) is 6.20 Å². The number of pyridine rings is 1. The lowest BCUT2D eigenvalue weighted by Crippen LogP contribution is -2.50. The molecular weight excluding hydrogens is 532 g/mol. The van der Waals surface area contributed by atoms with Gasteiger partial charge in [-0.15, -0.1) is 4.41 Å². The molecule has 1 aliphatic heterocycles. The van der Waals surface area contributed by atoms with E-state index in [4.69, 9.17) is 9.57 Å². The molecule has 1 fully saturated rings. The Morgan fingerprint density at radius 3 is 2.52 bits per heavy atom. The molecule has 3 rings (SSSR count). The second-order valence-electron chi connectivity index (χ2n) is 10.4. The van der Waals surface area contributed by atoms with Gasteiger partial charge in [-0.25, -0.2) is 18.7 Å². The number of hydroxylamine groups is 1. The first-order valence-electron chi connectivity index (χ1n) is 13.6. The SMILES string of the molecule is CC(C)C[C@@H](C(=O)NN(Cc1cccnc1)S(C)(=O)=O)[C@H](C/C=C/c1ccccc1)C(=O)NOC1CCCCO1. The molecule has 0 aliphatic carbocycles. The summed E-state index contributed by atoms with van der Waals surface area (Å²) in [6, 6.07) is 13.0. The number of sulfonamides is 1. The van der Waals surface area contributed by atoms with Crippen LogP contribution in [0.15, 0.2) is 60.9 Å². The fourth-order valence-corrected chi connectivity index (χ4v) is 5.08. The average Bonchev–Trinajstić information content (AvgIpc) is 2.94. The van der Waals surface area contributed by atoms with Crippen LogP contribution in [0.3, 0.4) is 0 Å². The Labute approximate surface area is 237 Å². The van der Waals surface area contributed by atoms with E-state index in [9.17, 15) is 18.0 Å². The number of rotatable bonds is 14. The summed E-state index contributed by atoms with van der Waals surface area (Å²) in [6.45, 7) is 4.36. The molecule has 2 N–H and O–H groups in total. The molecule has 0 spiro atoms. The molecule has 1 unspecified atom stereocenters. The molecule has 1 aromatic carbocycles. The third-order valence-corrected chi connectivity index (χ3v) is 7.52. The van der Waals surface area contributed by atoms with Crippen LogP contribution in [0.25, 0.3) is 6.08 Å². The van der Waals surface area contributed by atoms with E-state index in [1.54, 1.807) is 18.3 Å². The lowest BCUT2D eigenvalue weighted by molar-refractivity contribution is -0.203. The van der Waals surface area contributed by atoms with Gasteiger partial charge in [-0.05, 0) is 48.8 Å². The zero-order chi connectivity index (χ0) is 29.0. The van der Waals surface area contributed by atoms with Gasteiger partial charge in [0.25, 0.3) is 0 Å². The highest BCUT2D eigenvalue weighted by molar-refractivity contribution is 7.88.